The summed E-state index contributed by atoms with van der Waals surface area (Å²) in [7, 11) is 0. The Kier molecular flexibility index (Phi) is 5.54. The van der Waals surface area contributed by atoms with Crippen LogP contribution in [0.25, 0.3) is 10.9 Å². The van der Waals surface area contributed by atoms with Gasteiger partial charge in [0.15, 0.2) is 0 Å². The molecule has 1 N–H and O–H groups in total. The molecule has 0 aliphatic carbocycles. The summed E-state index contributed by atoms with van der Waals surface area (Å²) < 4.78 is 0. The summed E-state index contributed by atoms with van der Waals surface area (Å²) >= 11 is 0. The summed E-state index contributed by atoms with van der Waals surface area (Å²) in [6.07, 6.45) is 5.63. The first-order valence-corrected chi connectivity index (χ1v) is 7.78. The second-order valence-electron chi connectivity index (χ2n) is 5.94. The summed E-state index contributed by atoms with van der Waals surface area (Å²) in [5.41, 5.74) is 2.40. The van der Waals surface area contributed by atoms with Gasteiger partial charge in [-0.1, -0.05) is 39.0 Å². The molecular weight excluding hydrogens is 244 g/mol. The van der Waals surface area contributed by atoms with Crippen LogP contribution in [0.4, 0.5) is 0 Å². The van der Waals surface area contributed by atoms with Gasteiger partial charge in [0.1, 0.15) is 0 Å². The van der Waals surface area contributed by atoms with E-state index < -0.39 is 0 Å². The summed E-state index contributed by atoms with van der Waals surface area (Å²) in [6.45, 7) is 7.85. The predicted molar refractivity (Wildman–Crippen MR) is 86.8 cm³/mol. The van der Waals surface area contributed by atoms with Gasteiger partial charge in [0.05, 0.1) is 5.52 Å². The topological polar surface area (TPSA) is 24.9 Å². The van der Waals surface area contributed by atoms with Crippen LogP contribution in [0.3, 0.4) is 0 Å². The molecule has 1 aromatic carbocycles. The molecular formula is C18H26N2. The third kappa shape index (κ3) is 4.04. The molecule has 2 aromatic rings. The Morgan fingerprint density at radius 1 is 1.15 bits per heavy atom. The zero-order valence-corrected chi connectivity index (χ0v) is 12.9. The van der Waals surface area contributed by atoms with Crippen LogP contribution in [0.15, 0.2) is 36.5 Å². The Labute approximate surface area is 122 Å². The predicted octanol–water partition coefficient (Wildman–Crippen LogP) is 4.71. The molecule has 1 aromatic heterocycles. The van der Waals surface area contributed by atoms with Crippen molar-refractivity contribution in [2.75, 3.05) is 6.54 Å². The van der Waals surface area contributed by atoms with Gasteiger partial charge in [-0.2, -0.15) is 0 Å². The number of para-hydroxylation sites is 1. The molecule has 0 aliphatic heterocycles. The summed E-state index contributed by atoms with van der Waals surface area (Å²) in [4.78, 5) is 4.60. The number of fused-ring (bicyclic) bond motifs is 1. The fourth-order valence-corrected chi connectivity index (χ4v) is 2.48. The van der Waals surface area contributed by atoms with Gasteiger partial charge in [0.2, 0.25) is 0 Å². The Hall–Kier alpha value is -1.41. The highest BCUT2D eigenvalue weighted by atomic mass is 14.9. The second kappa shape index (κ2) is 7.39. The molecule has 1 heterocycles. The molecule has 0 radical (unpaired) electrons. The number of rotatable bonds is 7. The Morgan fingerprint density at radius 2 is 1.95 bits per heavy atom. The first kappa shape index (κ1) is 15.0. The van der Waals surface area contributed by atoms with Crippen molar-refractivity contribution >= 4 is 10.9 Å². The van der Waals surface area contributed by atoms with Gasteiger partial charge in [0.25, 0.3) is 0 Å². The van der Waals surface area contributed by atoms with Gasteiger partial charge in [0, 0.05) is 17.6 Å². The second-order valence-corrected chi connectivity index (χ2v) is 5.94. The highest BCUT2D eigenvalue weighted by molar-refractivity contribution is 5.78. The quantitative estimate of drug-likeness (QED) is 0.788. The number of pyridine rings is 1. The number of nitrogens with one attached hydrogen (secondary N) is 1. The minimum atomic E-state index is 0.425. The van der Waals surface area contributed by atoms with E-state index in [-0.39, 0.29) is 0 Å². The molecule has 2 rings (SSSR count). The van der Waals surface area contributed by atoms with Gasteiger partial charge in [-0.3, -0.25) is 4.98 Å². The maximum Gasteiger partial charge on any atom is 0.0702 e. The van der Waals surface area contributed by atoms with Crippen molar-refractivity contribution < 1.29 is 0 Å². The first-order chi connectivity index (χ1) is 9.70. The molecule has 0 aliphatic rings. The molecule has 108 valence electrons. The number of aromatic nitrogens is 1. The van der Waals surface area contributed by atoms with E-state index in [0.29, 0.717) is 6.04 Å². The van der Waals surface area contributed by atoms with E-state index in [1.54, 1.807) is 0 Å². The maximum absolute atomic E-state index is 4.60. The Bertz CT molecular complexity index is 534. The van der Waals surface area contributed by atoms with E-state index in [1.165, 1.54) is 30.2 Å². The molecule has 0 fully saturated rings. The zero-order chi connectivity index (χ0) is 14.4. The SMILES string of the molecule is CCCNC(CCC(C)C)c1cnc2ccccc2c1. The van der Waals surface area contributed by atoms with Gasteiger partial charge in [-0.25, -0.2) is 0 Å². The summed E-state index contributed by atoms with van der Waals surface area (Å²) in [6, 6.07) is 11.1. The van der Waals surface area contributed by atoms with Crippen molar-refractivity contribution in [1.82, 2.24) is 10.3 Å². The summed E-state index contributed by atoms with van der Waals surface area (Å²) in [5, 5.41) is 4.90. The van der Waals surface area contributed by atoms with Crippen LogP contribution in [0.2, 0.25) is 0 Å². The Balaban J connectivity index is 2.19. The van der Waals surface area contributed by atoms with Crippen molar-refractivity contribution in [3.63, 3.8) is 0 Å². The smallest absolute Gasteiger partial charge is 0.0702 e. The fourth-order valence-electron chi connectivity index (χ4n) is 2.48. The highest BCUT2D eigenvalue weighted by Crippen LogP contribution is 2.23. The molecule has 2 nitrogen and oxygen atoms in total. The largest absolute Gasteiger partial charge is 0.310 e. The maximum atomic E-state index is 4.60. The van der Waals surface area contributed by atoms with Gasteiger partial charge < -0.3 is 5.32 Å². The molecule has 20 heavy (non-hydrogen) atoms. The van der Waals surface area contributed by atoms with Crippen molar-refractivity contribution in [1.29, 1.82) is 0 Å². The van der Waals surface area contributed by atoms with Crippen LogP contribution >= 0.6 is 0 Å². The molecule has 0 amide bonds. The zero-order valence-electron chi connectivity index (χ0n) is 12.9. The number of hydrogen-bond acceptors (Lipinski definition) is 2. The minimum Gasteiger partial charge on any atom is -0.310 e. The van der Waals surface area contributed by atoms with Gasteiger partial charge in [-0.05, 0) is 49.4 Å². The molecule has 1 atom stereocenters. The molecule has 1 unspecified atom stereocenters. The average Bonchev–Trinajstić information content (AvgIpc) is 2.46. The van der Waals surface area contributed by atoms with Gasteiger partial charge >= 0.3 is 0 Å². The number of hydrogen-bond donors (Lipinski definition) is 1. The standard InChI is InChI=1S/C18H26N2/c1-4-11-19-18(10-9-14(2)3)16-12-15-7-5-6-8-17(15)20-13-16/h5-8,12-14,18-19H,4,9-11H2,1-3H3. The number of nitrogens with zero attached hydrogens (tertiary/aromatic N) is 1. The highest BCUT2D eigenvalue weighted by Gasteiger charge is 2.12. The van der Waals surface area contributed by atoms with Gasteiger partial charge in [-0.15, -0.1) is 0 Å². The van der Waals surface area contributed by atoms with E-state index in [0.717, 1.165) is 18.0 Å². The minimum absolute atomic E-state index is 0.425. The molecule has 0 bridgehead atoms. The number of benzene rings is 1. The van der Waals surface area contributed by atoms with E-state index in [1.807, 2.05) is 12.3 Å². The average molecular weight is 270 g/mol. The lowest BCUT2D eigenvalue weighted by molar-refractivity contribution is 0.440. The first-order valence-electron chi connectivity index (χ1n) is 7.78. The lowest BCUT2D eigenvalue weighted by Crippen LogP contribution is -2.22. The van der Waals surface area contributed by atoms with Crippen LogP contribution in [0.1, 0.15) is 51.6 Å². The third-order valence-corrected chi connectivity index (χ3v) is 3.69. The molecule has 0 saturated carbocycles. The van der Waals surface area contributed by atoms with E-state index in [4.69, 9.17) is 0 Å². The summed E-state index contributed by atoms with van der Waals surface area (Å²) in [5.74, 6) is 0.745. The normalized spacial score (nSPS) is 13.0. The Morgan fingerprint density at radius 3 is 2.70 bits per heavy atom. The van der Waals surface area contributed by atoms with Crippen molar-refractivity contribution in [2.45, 2.75) is 46.1 Å². The monoisotopic (exact) mass is 270 g/mol. The third-order valence-electron chi connectivity index (χ3n) is 3.69. The van der Waals surface area contributed by atoms with E-state index in [2.05, 4.69) is 55.3 Å². The van der Waals surface area contributed by atoms with Crippen molar-refractivity contribution in [3.05, 3.63) is 42.1 Å². The van der Waals surface area contributed by atoms with Crippen molar-refractivity contribution in [3.8, 4) is 0 Å². The van der Waals surface area contributed by atoms with Crippen LogP contribution < -0.4 is 5.32 Å². The molecule has 2 heteroatoms. The lowest BCUT2D eigenvalue weighted by atomic mass is 9.97. The van der Waals surface area contributed by atoms with Crippen LogP contribution in [0.5, 0.6) is 0 Å². The molecule has 0 saturated heterocycles. The van der Waals surface area contributed by atoms with E-state index in [9.17, 15) is 0 Å². The van der Waals surface area contributed by atoms with Crippen LogP contribution in [-0.4, -0.2) is 11.5 Å². The van der Waals surface area contributed by atoms with E-state index >= 15 is 0 Å². The fraction of sp³-hybridized carbons (Fsp3) is 0.500. The van der Waals surface area contributed by atoms with Crippen molar-refractivity contribution in [2.24, 2.45) is 5.92 Å². The van der Waals surface area contributed by atoms with Crippen LogP contribution in [0, 0.1) is 5.92 Å². The lowest BCUT2D eigenvalue weighted by Gasteiger charge is -2.20. The molecule has 0 spiro atoms. The van der Waals surface area contributed by atoms with Crippen LogP contribution in [-0.2, 0) is 0 Å².